The van der Waals surface area contributed by atoms with Crippen molar-refractivity contribution < 1.29 is 14.3 Å². The van der Waals surface area contributed by atoms with Gasteiger partial charge in [0.2, 0.25) is 5.91 Å². The van der Waals surface area contributed by atoms with Crippen molar-refractivity contribution in [3.8, 4) is 5.75 Å². The highest BCUT2D eigenvalue weighted by Gasteiger charge is 2.29. The molecule has 1 aliphatic carbocycles. The fraction of sp³-hybridized carbons (Fsp3) is 0.619. The molecule has 2 aromatic rings. The summed E-state index contributed by atoms with van der Waals surface area (Å²) in [6, 6.07) is 5.93. The number of fused-ring (bicyclic) bond motifs is 1. The molecule has 29 heavy (non-hydrogen) atoms. The highest BCUT2D eigenvalue weighted by atomic mass is 35.5. The highest BCUT2D eigenvalue weighted by molar-refractivity contribution is 7.22. The van der Waals surface area contributed by atoms with E-state index in [1.807, 2.05) is 23.1 Å². The standard InChI is InChI=1S/C21H29N3O3S.ClH/c1-26-17-7-8-19-18(15-17)22-21(28-19)24(20(25)16-5-2-3-6-16)10-4-9-23-11-13-27-14-12-23;/h7-8,15-16H,2-6,9-14H2,1H3;1H. The second kappa shape index (κ2) is 10.6. The molecule has 0 spiro atoms. The Morgan fingerprint density at radius 2 is 2.07 bits per heavy atom. The lowest BCUT2D eigenvalue weighted by Crippen LogP contribution is -2.40. The van der Waals surface area contributed by atoms with Gasteiger partial charge in [0.05, 0.1) is 30.5 Å². The van der Waals surface area contributed by atoms with Gasteiger partial charge in [-0.05, 0) is 31.4 Å². The molecule has 160 valence electrons. The predicted octanol–water partition coefficient (Wildman–Crippen LogP) is 3.97. The molecule has 1 amide bonds. The van der Waals surface area contributed by atoms with Gasteiger partial charge in [0.25, 0.3) is 0 Å². The van der Waals surface area contributed by atoms with E-state index >= 15 is 0 Å². The third-order valence-electron chi connectivity index (χ3n) is 5.74. The molecule has 0 unspecified atom stereocenters. The molecule has 1 aliphatic heterocycles. The van der Waals surface area contributed by atoms with E-state index in [1.165, 1.54) is 0 Å². The highest BCUT2D eigenvalue weighted by Crippen LogP contribution is 2.34. The van der Waals surface area contributed by atoms with Crippen LogP contribution in [0.4, 0.5) is 5.13 Å². The molecule has 1 saturated heterocycles. The predicted molar refractivity (Wildman–Crippen MR) is 120 cm³/mol. The SMILES string of the molecule is COc1ccc2sc(N(CCCN3CCOCC3)C(=O)C3CCCC3)nc2c1.Cl. The van der Waals surface area contributed by atoms with Crippen LogP contribution in [0, 0.1) is 5.92 Å². The average molecular weight is 440 g/mol. The average Bonchev–Trinajstić information content (AvgIpc) is 3.40. The van der Waals surface area contributed by atoms with E-state index in [-0.39, 0.29) is 24.2 Å². The normalized spacial score (nSPS) is 18.0. The summed E-state index contributed by atoms with van der Waals surface area (Å²) in [5, 5.41) is 0.821. The lowest BCUT2D eigenvalue weighted by molar-refractivity contribution is -0.122. The third-order valence-corrected chi connectivity index (χ3v) is 6.80. The van der Waals surface area contributed by atoms with Gasteiger partial charge in [0.15, 0.2) is 5.13 Å². The monoisotopic (exact) mass is 439 g/mol. The van der Waals surface area contributed by atoms with E-state index in [2.05, 4.69) is 4.90 Å². The van der Waals surface area contributed by atoms with Crippen LogP contribution in [0.15, 0.2) is 18.2 Å². The minimum atomic E-state index is 0. The van der Waals surface area contributed by atoms with Gasteiger partial charge in [-0.2, -0.15) is 0 Å². The maximum absolute atomic E-state index is 13.3. The summed E-state index contributed by atoms with van der Waals surface area (Å²) in [5.74, 6) is 1.21. The molecule has 1 aromatic carbocycles. The second-order valence-electron chi connectivity index (χ2n) is 7.61. The van der Waals surface area contributed by atoms with Gasteiger partial charge in [0, 0.05) is 38.2 Å². The summed E-state index contributed by atoms with van der Waals surface area (Å²) >= 11 is 1.60. The lowest BCUT2D eigenvalue weighted by Gasteiger charge is -2.28. The number of halogens is 1. The van der Waals surface area contributed by atoms with Crippen LogP contribution < -0.4 is 9.64 Å². The van der Waals surface area contributed by atoms with Gasteiger partial charge in [-0.15, -0.1) is 12.4 Å². The second-order valence-corrected chi connectivity index (χ2v) is 8.62. The zero-order chi connectivity index (χ0) is 19.3. The van der Waals surface area contributed by atoms with Gasteiger partial charge in [0.1, 0.15) is 5.75 Å². The van der Waals surface area contributed by atoms with E-state index < -0.39 is 0 Å². The molecule has 1 aromatic heterocycles. The smallest absolute Gasteiger partial charge is 0.231 e. The Kier molecular flexibility index (Phi) is 8.12. The zero-order valence-electron chi connectivity index (χ0n) is 17.0. The largest absolute Gasteiger partial charge is 0.497 e. The molecule has 6 nitrogen and oxygen atoms in total. The van der Waals surface area contributed by atoms with Gasteiger partial charge >= 0.3 is 0 Å². The van der Waals surface area contributed by atoms with Crippen LogP contribution in [0.25, 0.3) is 10.2 Å². The van der Waals surface area contributed by atoms with Crippen molar-refractivity contribution in [3.05, 3.63) is 18.2 Å². The van der Waals surface area contributed by atoms with Crippen molar-refractivity contribution in [1.82, 2.24) is 9.88 Å². The molecule has 8 heteroatoms. The van der Waals surface area contributed by atoms with E-state index in [0.717, 1.165) is 92.6 Å². The van der Waals surface area contributed by atoms with Gasteiger partial charge in [-0.25, -0.2) is 4.98 Å². The molecule has 0 N–H and O–H groups in total. The molecule has 0 bridgehead atoms. The van der Waals surface area contributed by atoms with E-state index in [9.17, 15) is 4.79 Å². The van der Waals surface area contributed by atoms with Gasteiger partial charge < -0.3 is 9.47 Å². The third kappa shape index (κ3) is 5.40. The number of amides is 1. The summed E-state index contributed by atoms with van der Waals surface area (Å²) in [5.41, 5.74) is 0.900. The first-order valence-corrected chi connectivity index (χ1v) is 11.1. The molecule has 0 radical (unpaired) electrons. The maximum Gasteiger partial charge on any atom is 0.231 e. The molecule has 2 heterocycles. The van der Waals surface area contributed by atoms with Crippen molar-refractivity contribution in [2.75, 3.05) is 51.4 Å². The molecule has 1 saturated carbocycles. The van der Waals surface area contributed by atoms with Crippen molar-refractivity contribution in [2.45, 2.75) is 32.1 Å². The molecule has 4 rings (SSSR count). The molecule has 0 atom stereocenters. The Balaban J connectivity index is 0.00000240. The molecule has 2 fully saturated rings. The van der Waals surface area contributed by atoms with Crippen LogP contribution in [-0.2, 0) is 9.53 Å². The number of hydrogen-bond donors (Lipinski definition) is 0. The number of thiazole rings is 1. The van der Waals surface area contributed by atoms with Crippen molar-refractivity contribution in [2.24, 2.45) is 5.92 Å². The Labute approximate surface area is 182 Å². The van der Waals surface area contributed by atoms with Gasteiger partial charge in [-0.3, -0.25) is 14.6 Å². The summed E-state index contributed by atoms with van der Waals surface area (Å²) in [6.45, 7) is 5.31. The Bertz CT molecular complexity index is 804. The number of benzene rings is 1. The van der Waals surface area contributed by atoms with E-state index in [4.69, 9.17) is 14.5 Å². The first-order valence-electron chi connectivity index (χ1n) is 10.3. The minimum Gasteiger partial charge on any atom is -0.497 e. The lowest BCUT2D eigenvalue weighted by atomic mass is 10.1. The summed E-state index contributed by atoms with van der Waals surface area (Å²) < 4.78 is 11.8. The first kappa shape index (κ1) is 22.3. The quantitative estimate of drug-likeness (QED) is 0.653. The number of anilines is 1. The van der Waals surface area contributed by atoms with E-state index in [0.29, 0.717) is 0 Å². The van der Waals surface area contributed by atoms with Crippen LogP contribution in [0.2, 0.25) is 0 Å². The number of rotatable bonds is 7. The number of hydrogen-bond acceptors (Lipinski definition) is 6. The molecular formula is C21H30ClN3O3S. The van der Waals surface area contributed by atoms with Crippen LogP contribution in [-0.4, -0.2) is 62.3 Å². The van der Waals surface area contributed by atoms with Gasteiger partial charge in [-0.1, -0.05) is 24.2 Å². The van der Waals surface area contributed by atoms with E-state index in [1.54, 1.807) is 18.4 Å². The minimum absolute atomic E-state index is 0. The van der Waals surface area contributed by atoms with Crippen LogP contribution in [0.3, 0.4) is 0 Å². The number of nitrogens with zero attached hydrogens (tertiary/aromatic N) is 3. The summed E-state index contributed by atoms with van der Waals surface area (Å²) in [4.78, 5) is 22.4. The summed E-state index contributed by atoms with van der Waals surface area (Å²) in [7, 11) is 1.66. The van der Waals surface area contributed by atoms with Crippen LogP contribution in [0.5, 0.6) is 5.75 Å². The van der Waals surface area contributed by atoms with Crippen LogP contribution >= 0.6 is 23.7 Å². The topological polar surface area (TPSA) is 54.9 Å². The summed E-state index contributed by atoms with van der Waals surface area (Å²) in [6.07, 6.45) is 5.30. The van der Waals surface area contributed by atoms with Crippen molar-refractivity contribution in [3.63, 3.8) is 0 Å². The number of aromatic nitrogens is 1. The van der Waals surface area contributed by atoms with Crippen molar-refractivity contribution in [1.29, 1.82) is 0 Å². The first-order chi connectivity index (χ1) is 13.7. The zero-order valence-corrected chi connectivity index (χ0v) is 18.6. The fourth-order valence-electron chi connectivity index (χ4n) is 4.11. The molecule has 2 aliphatic rings. The number of methoxy groups -OCH3 is 1. The van der Waals surface area contributed by atoms with Crippen LogP contribution in [0.1, 0.15) is 32.1 Å². The number of ether oxygens (including phenoxy) is 2. The Morgan fingerprint density at radius 1 is 1.31 bits per heavy atom. The Hall–Kier alpha value is -1.41. The Morgan fingerprint density at radius 3 is 2.79 bits per heavy atom. The maximum atomic E-state index is 13.3. The van der Waals surface area contributed by atoms with Crippen molar-refractivity contribution >= 4 is 45.0 Å². The number of carbonyl (C=O) groups excluding carboxylic acids is 1. The number of carbonyl (C=O) groups is 1. The fourth-order valence-corrected chi connectivity index (χ4v) is 5.09. The molecular weight excluding hydrogens is 410 g/mol. The number of morpholine rings is 1.